The van der Waals surface area contributed by atoms with Crippen molar-refractivity contribution in [3.63, 3.8) is 0 Å². The van der Waals surface area contributed by atoms with Gasteiger partial charge in [0.05, 0.1) is 7.11 Å². The van der Waals surface area contributed by atoms with Crippen molar-refractivity contribution in [2.75, 3.05) is 26.7 Å². The Bertz CT molecular complexity index is 413. The molecule has 0 radical (unpaired) electrons. The van der Waals surface area contributed by atoms with Crippen molar-refractivity contribution in [3.8, 4) is 0 Å². The number of nitrogens with zero attached hydrogens (tertiary/aromatic N) is 2. The lowest BCUT2D eigenvalue weighted by molar-refractivity contribution is -0.145. The first-order valence-corrected chi connectivity index (χ1v) is 8.13. The molecule has 2 aliphatic heterocycles. The second-order valence-corrected chi connectivity index (χ2v) is 7.16. The third-order valence-electron chi connectivity index (χ3n) is 4.29. The van der Waals surface area contributed by atoms with Gasteiger partial charge in [-0.15, -0.1) is 0 Å². The monoisotopic (exact) mass is 312 g/mol. The second-order valence-electron chi connectivity index (χ2n) is 7.16. The summed E-state index contributed by atoms with van der Waals surface area (Å²) in [7, 11) is 1.36. The number of ether oxygens (including phenoxy) is 2. The van der Waals surface area contributed by atoms with Crippen molar-refractivity contribution in [1.29, 1.82) is 0 Å². The zero-order chi connectivity index (χ0) is 16.3. The third-order valence-corrected chi connectivity index (χ3v) is 4.29. The molecule has 1 amide bonds. The van der Waals surface area contributed by atoms with Gasteiger partial charge in [-0.05, 0) is 53.1 Å². The highest BCUT2D eigenvalue weighted by molar-refractivity contribution is 5.82. The van der Waals surface area contributed by atoms with Gasteiger partial charge in [-0.2, -0.15) is 0 Å². The molecule has 0 aromatic carbocycles. The van der Waals surface area contributed by atoms with Crippen molar-refractivity contribution in [2.45, 2.75) is 64.1 Å². The fourth-order valence-corrected chi connectivity index (χ4v) is 3.24. The zero-order valence-corrected chi connectivity index (χ0v) is 14.1. The fourth-order valence-electron chi connectivity index (χ4n) is 3.24. The smallest absolute Gasteiger partial charge is 0.411 e. The van der Waals surface area contributed by atoms with Crippen LogP contribution in [-0.4, -0.2) is 66.3 Å². The molecule has 6 nitrogen and oxygen atoms in total. The van der Waals surface area contributed by atoms with E-state index in [1.807, 2.05) is 20.8 Å². The van der Waals surface area contributed by atoms with Crippen molar-refractivity contribution >= 4 is 12.1 Å². The van der Waals surface area contributed by atoms with Crippen LogP contribution in [0.25, 0.3) is 0 Å². The molecule has 2 rings (SSSR count). The van der Waals surface area contributed by atoms with E-state index in [9.17, 15) is 9.59 Å². The van der Waals surface area contributed by atoms with Crippen molar-refractivity contribution < 1.29 is 19.1 Å². The Morgan fingerprint density at radius 2 is 1.73 bits per heavy atom. The van der Waals surface area contributed by atoms with E-state index in [0.29, 0.717) is 13.0 Å². The van der Waals surface area contributed by atoms with E-state index in [2.05, 4.69) is 4.90 Å². The summed E-state index contributed by atoms with van der Waals surface area (Å²) in [5, 5.41) is 0. The summed E-state index contributed by atoms with van der Waals surface area (Å²) >= 11 is 0. The van der Waals surface area contributed by atoms with Gasteiger partial charge in [0.15, 0.2) is 0 Å². The topological polar surface area (TPSA) is 59.1 Å². The number of hydrogen-bond acceptors (Lipinski definition) is 5. The Morgan fingerprint density at radius 3 is 2.27 bits per heavy atom. The van der Waals surface area contributed by atoms with E-state index < -0.39 is 17.7 Å². The molecule has 0 aliphatic carbocycles. The molecular weight excluding hydrogens is 284 g/mol. The minimum absolute atomic E-state index is 0.219. The number of carbonyl (C=O) groups is 2. The highest BCUT2D eigenvalue weighted by atomic mass is 16.6. The molecule has 0 spiro atoms. The number of hydrogen-bond donors (Lipinski definition) is 0. The Hall–Kier alpha value is -1.30. The van der Waals surface area contributed by atoms with Crippen LogP contribution in [0.2, 0.25) is 0 Å². The molecule has 0 N–H and O–H groups in total. The summed E-state index contributed by atoms with van der Waals surface area (Å²) in [5.74, 6) is -0.356. The molecule has 126 valence electrons. The summed E-state index contributed by atoms with van der Waals surface area (Å²) < 4.78 is 10.3. The minimum Gasteiger partial charge on any atom is -0.467 e. The average Bonchev–Trinajstić information content (AvgIpc) is 2.91. The lowest BCUT2D eigenvalue weighted by Gasteiger charge is -2.32. The minimum atomic E-state index is -0.568. The van der Waals surface area contributed by atoms with Gasteiger partial charge in [0, 0.05) is 12.6 Å². The molecule has 2 heterocycles. The number of amides is 1. The SMILES string of the molecule is COC(=O)[C@@H]1CC(N2CCCCC2)CN1C(=O)OC(C)(C)C. The molecule has 0 saturated carbocycles. The quantitative estimate of drug-likeness (QED) is 0.730. The first kappa shape index (κ1) is 17.1. The van der Waals surface area contributed by atoms with Crippen LogP contribution >= 0.6 is 0 Å². The van der Waals surface area contributed by atoms with Crippen LogP contribution in [-0.2, 0) is 14.3 Å². The number of esters is 1. The van der Waals surface area contributed by atoms with E-state index in [1.165, 1.54) is 31.3 Å². The van der Waals surface area contributed by atoms with Crippen LogP contribution in [0.5, 0.6) is 0 Å². The van der Waals surface area contributed by atoms with E-state index in [-0.39, 0.29) is 12.0 Å². The molecule has 6 heteroatoms. The van der Waals surface area contributed by atoms with Gasteiger partial charge in [0.2, 0.25) is 0 Å². The number of carbonyl (C=O) groups excluding carboxylic acids is 2. The summed E-state index contributed by atoms with van der Waals surface area (Å²) in [6, 6.07) is -0.316. The summed E-state index contributed by atoms with van der Waals surface area (Å²) in [4.78, 5) is 28.4. The van der Waals surface area contributed by atoms with Crippen LogP contribution in [0.15, 0.2) is 0 Å². The third kappa shape index (κ3) is 4.12. The number of methoxy groups -OCH3 is 1. The van der Waals surface area contributed by atoms with Crippen molar-refractivity contribution in [3.05, 3.63) is 0 Å². The highest BCUT2D eigenvalue weighted by Gasteiger charge is 2.44. The Balaban J connectivity index is 2.07. The van der Waals surface area contributed by atoms with Crippen LogP contribution in [0.1, 0.15) is 46.5 Å². The summed E-state index contributed by atoms with van der Waals surface area (Å²) in [5.41, 5.74) is -0.568. The molecule has 0 aromatic heterocycles. The molecule has 22 heavy (non-hydrogen) atoms. The fraction of sp³-hybridized carbons (Fsp3) is 0.875. The Morgan fingerprint density at radius 1 is 1.09 bits per heavy atom. The van der Waals surface area contributed by atoms with Gasteiger partial charge in [-0.1, -0.05) is 6.42 Å². The maximum absolute atomic E-state index is 12.4. The maximum atomic E-state index is 12.4. The van der Waals surface area contributed by atoms with Gasteiger partial charge >= 0.3 is 12.1 Å². The largest absolute Gasteiger partial charge is 0.467 e. The molecule has 2 aliphatic rings. The van der Waals surface area contributed by atoms with Gasteiger partial charge < -0.3 is 9.47 Å². The first-order chi connectivity index (χ1) is 10.3. The lowest BCUT2D eigenvalue weighted by Crippen LogP contribution is -2.45. The molecular formula is C16H28N2O4. The Kier molecular flexibility index (Phi) is 5.32. The van der Waals surface area contributed by atoms with Gasteiger partial charge in [-0.25, -0.2) is 9.59 Å². The number of piperidine rings is 1. The Labute approximate surface area is 132 Å². The molecule has 0 aromatic rings. The maximum Gasteiger partial charge on any atom is 0.411 e. The zero-order valence-electron chi connectivity index (χ0n) is 14.1. The van der Waals surface area contributed by atoms with E-state index in [0.717, 1.165) is 13.1 Å². The van der Waals surface area contributed by atoms with Crippen LogP contribution in [0, 0.1) is 0 Å². The molecule has 1 unspecified atom stereocenters. The number of likely N-dealkylation sites (tertiary alicyclic amines) is 2. The van der Waals surface area contributed by atoms with Crippen molar-refractivity contribution in [2.24, 2.45) is 0 Å². The van der Waals surface area contributed by atoms with Crippen LogP contribution < -0.4 is 0 Å². The van der Waals surface area contributed by atoms with E-state index >= 15 is 0 Å². The summed E-state index contributed by atoms with van der Waals surface area (Å²) in [6.45, 7) is 8.11. The molecule has 2 atom stereocenters. The normalized spacial score (nSPS) is 26.8. The van der Waals surface area contributed by atoms with E-state index in [4.69, 9.17) is 9.47 Å². The molecule has 2 saturated heterocycles. The molecule has 2 fully saturated rings. The van der Waals surface area contributed by atoms with Crippen LogP contribution in [0.3, 0.4) is 0 Å². The second kappa shape index (κ2) is 6.86. The van der Waals surface area contributed by atoms with Crippen molar-refractivity contribution in [1.82, 2.24) is 9.80 Å². The summed E-state index contributed by atoms with van der Waals surface area (Å²) in [6.07, 6.45) is 3.84. The van der Waals surface area contributed by atoms with Gasteiger partial charge in [0.1, 0.15) is 11.6 Å². The molecule has 0 bridgehead atoms. The van der Waals surface area contributed by atoms with Gasteiger partial charge in [-0.3, -0.25) is 9.80 Å². The average molecular weight is 312 g/mol. The van der Waals surface area contributed by atoms with Crippen LogP contribution in [0.4, 0.5) is 4.79 Å². The van der Waals surface area contributed by atoms with Gasteiger partial charge in [0.25, 0.3) is 0 Å². The lowest BCUT2D eigenvalue weighted by atomic mass is 10.1. The number of rotatable bonds is 2. The standard InChI is InChI=1S/C16H28N2O4/c1-16(2,3)22-15(20)18-11-12(10-13(18)14(19)21-4)17-8-6-5-7-9-17/h12-13H,5-11H2,1-4H3/t12?,13-/m0/s1. The predicted molar refractivity (Wildman–Crippen MR) is 82.6 cm³/mol. The first-order valence-electron chi connectivity index (χ1n) is 8.13. The van der Waals surface area contributed by atoms with E-state index in [1.54, 1.807) is 0 Å². The predicted octanol–water partition coefficient (Wildman–Crippen LogP) is 2.02. The highest BCUT2D eigenvalue weighted by Crippen LogP contribution is 2.27.